The minimum atomic E-state index is -5.06. The zero-order valence-electron chi connectivity index (χ0n) is 25.9. The van der Waals surface area contributed by atoms with Gasteiger partial charge in [-0.3, -0.25) is 9.22 Å². The van der Waals surface area contributed by atoms with Crippen molar-refractivity contribution in [2.24, 2.45) is 10.2 Å². The van der Waals surface area contributed by atoms with Crippen molar-refractivity contribution in [1.82, 2.24) is 15.0 Å². The van der Waals surface area contributed by atoms with Crippen LogP contribution < -0.4 is 95.0 Å². The van der Waals surface area contributed by atoms with Gasteiger partial charge in [0, 0.05) is 5.56 Å². The molecule has 0 atom stereocenters. The second-order valence-corrected chi connectivity index (χ2v) is 12.8. The fourth-order valence-electron chi connectivity index (χ4n) is 3.49. The molecule has 250 valence electrons. The minimum absolute atomic E-state index is 0. The van der Waals surface area contributed by atoms with Crippen LogP contribution in [0.15, 0.2) is 80.9 Å². The maximum absolute atomic E-state index is 12.5. The van der Waals surface area contributed by atoms with E-state index in [9.17, 15) is 36.5 Å². The molecule has 0 aliphatic heterocycles. The monoisotopic (exact) mass is 768 g/mol. The van der Waals surface area contributed by atoms with Crippen LogP contribution in [0.2, 0.25) is 5.28 Å². The van der Waals surface area contributed by atoms with Crippen LogP contribution in [0.1, 0.15) is 10.4 Å². The molecule has 0 saturated heterocycles. The molecule has 0 bridgehead atoms. The maximum Gasteiger partial charge on any atom is 1.00 e. The van der Waals surface area contributed by atoms with Gasteiger partial charge in [-0.1, -0.05) is 0 Å². The number of aromatic carboxylic acids is 1. The second kappa shape index (κ2) is 21.3. The van der Waals surface area contributed by atoms with Gasteiger partial charge in [-0.05, 0) is 70.1 Å². The quantitative estimate of drug-likeness (QED) is 0.0139. The number of nitrogens with zero attached hydrogens (tertiary/aromatic N) is 6. The average molecular weight is 769 g/mol. The summed E-state index contributed by atoms with van der Waals surface area (Å²) >= 11 is 6.22. The molecule has 4 aromatic rings. The van der Waals surface area contributed by atoms with E-state index in [1.807, 2.05) is 0 Å². The summed E-state index contributed by atoms with van der Waals surface area (Å²) in [5.74, 6) is -2.33. The number of aromatic nitrogens is 4. The van der Waals surface area contributed by atoms with Crippen molar-refractivity contribution in [2.45, 2.75) is 9.79 Å². The normalized spacial score (nSPS) is 11.0. The number of carbonyl (C=O) groups is 1. The molecule has 2 aromatic heterocycles. The van der Waals surface area contributed by atoms with Gasteiger partial charge in [0.05, 0.1) is 57.6 Å². The number of carboxylic acids is 1. The summed E-state index contributed by atoms with van der Waals surface area (Å²) in [6.45, 7) is -0.317. The van der Waals surface area contributed by atoms with Crippen LogP contribution in [0.25, 0.3) is 5.95 Å². The van der Waals surface area contributed by atoms with Crippen LogP contribution in [0.3, 0.4) is 0 Å². The van der Waals surface area contributed by atoms with E-state index in [-0.39, 0.29) is 133 Å². The maximum atomic E-state index is 12.5. The molecule has 2 aromatic carbocycles. The predicted octanol–water partition coefficient (Wildman–Crippen LogP) is -11.6. The van der Waals surface area contributed by atoms with Crippen molar-refractivity contribution >= 4 is 78.5 Å². The smallest absolute Gasteiger partial charge is 1.00 e. The Morgan fingerprint density at radius 3 is 2.34 bits per heavy atom. The number of azo groups is 1. The van der Waals surface area contributed by atoms with Crippen LogP contribution >= 0.6 is 23.9 Å². The number of sulfone groups is 1. The van der Waals surface area contributed by atoms with E-state index in [4.69, 9.17) is 21.5 Å². The van der Waals surface area contributed by atoms with Gasteiger partial charge in [-0.15, -0.1) is 9.45 Å². The van der Waals surface area contributed by atoms with Crippen LogP contribution in [0.5, 0.6) is 0 Å². The molecule has 4 rings (SSSR count). The standard InChI is InChI=1S/C23H19ClN8O11S3.ClH.3Li/c24-21-27-22(29-23(28-21)32-7-1-2-13(12-32)20(33)34)26-17-11-19(46(38,39)40)16(25)10-18(17)31-30-14-3-5-15(6-4-14)45(36,37)9-8-41-44-43-42-35;;;;/h1-7,10-12H,8-9H2,(H5-,25,26,27,28,29,30,31,33,34,35,38,39,40);1H;;;/q;;3*+1/p-3. The van der Waals surface area contributed by atoms with Gasteiger partial charge in [0.15, 0.2) is 22.2 Å². The molecular weight excluding hydrogens is 752 g/mol. The molecule has 0 unspecified atom stereocenters. The first-order chi connectivity index (χ1) is 21.8. The first-order valence-corrected chi connectivity index (χ1v) is 16.2. The van der Waals surface area contributed by atoms with Gasteiger partial charge in [-0.25, -0.2) is 21.4 Å². The van der Waals surface area contributed by atoms with Crippen molar-refractivity contribution in [3.8, 4) is 5.95 Å². The molecule has 3 N–H and O–H groups in total. The number of pyridine rings is 1. The minimum Gasteiger partial charge on any atom is -1.00 e. The number of hydrogen-bond donors (Lipinski definition) is 2. The first-order valence-electron chi connectivity index (χ1n) is 12.1. The molecule has 0 amide bonds. The SMILES string of the molecule is Nc1cc(N=Nc2ccc(S(=O)(=O)CCOSOO[O-])cc2)c(Nc2nc(Cl)nc(-[n+]3cccc(C(=O)[O-])c3)n2)cc1S(=O)(=O)[O-].[Cl-].[Li+].[Li+].[Li+]. The van der Waals surface area contributed by atoms with Crippen molar-refractivity contribution in [3.05, 3.63) is 71.8 Å². The molecule has 0 aliphatic carbocycles. The number of nitrogens with one attached hydrogen (secondary N) is 1. The number of nitrogen functional groups attached to an aromatic ring is 1. The summed E-state index contributed by atoms with van der Waals surface area (Å²) in [5, 5.41) is 34.4. The molecule has 19 nitrogen and oxygen atoms in total. The Balaban J connectivity index is 0.00000600. The third kappa shape index (κ3) is 13.3. The zero-order chi connectivity index (χ0) is 33.5. The number of anilines is 3. The van der Waals surface area contributed by atoms with Gasteiger partial charge >= 0.3 is 73.8 Å². The second-order valence-electron chi connectivity index (χ2n) is 8.54. The Bertz CT molecular complexity index is 2020. The third-order valence-electron chi connectivity index (χ3n) is 5.52. The van der Waals surface area contributed by atoms with Crippen molar-refractivity contribution in [3.63, 3.8) is 0 Å². The summed E-state index contributed by atoms with van der Waals surface area (Å²) in [5.41, 5.74) is 5.03. The summed E-state index contributed by atoms with van der Waals surface area (Å²) in [4.78, 5) is 22.4. The Morgan fingerprint density at radius 1 is 1.04 bits per heavy atom. The Labute approximate surface area is 335 Å². The van der Waals surface area contributed by atoms with E-state index >= 15 is 0 Å². The molecule has 0 saturated carbocycles. The van der Waals surface area contributed by atoms with E-state index in [2.05, 4.69) is 39.9 Å². The van der Waals surface area contributed by atoms with Gasteiger partial charge in [0.25, 0.3) is 0 Å². The van der Waals surface area contributed by atoms with Crippen molar-refractivity contribution < 1.29 is 124 Å². The number of carbonyl (C=O) groups excluding carboxylic acids is 1. The van der Waals surface area contributed by atoms with E-state index in [0.717, 1.165) is 18.3 Å². The average Bonchev–Trinajstić information content (AvgIpc) is 3.00. The summed E-state index contributed by atoms with van der Waals surface area (Å²) in [7, 11) is -8.85. The van der Waals surface area contributed by atoms with Crippen LogP contribution in [-0.4, -0.2) is 54.7 Å². The van der Waals surface area contributed by atoms with E-state index in [0.29, 0.717) is 0 Å². The van der Waals surface area contributed by atoms with E-state index in [1.54, 1.807) is 0 Å². The number of rotatable bonds is 14. The van der Waals surface area contributed by atoms with Gasteiger partial charge in [0.1, 0.15) is 15.8 Å². The molecule has 0 spiro atoms. The van der Waals surface area contributed by atoms with Crippen LogP contribution in [-0.2, 0) is 33.5 Å². The number of benzene rings is 2. The summed E-state index contributed by atoms with van der Waals surface area (Å²) in [6.07, 6.45) is 2.57. The molecule has 0 aliphatic rings. The predicted molar refractivity (Wildman–Crippen MR) is 151 cm³/mol. The molecule has 2 heterocycles. The van der Waals surface area contributed by atoms with E-state index < -0.39 is 42.3 Å². The number of halogens is 2. The van der Waals surface area contributed by atoms with Crippen molar-refractivity contribution in [1.29, 1.82) is 0 Å². The number of nitrogens with two attached hydrogens (primary N) is 1. The molecule has 0 fully saturated rings. The molecule has 50 heavy (non-hydrogen) atoms. The van der Waals surface area contributed by atoms with Crippen LogP contribution in [0, 0.1) is 0 Å². The Hall–Kier alpha value is -2.31. The van der Waals surface area contributed by atoms with Gasteiger partial charge in [-0.2, -0.15) is 10.1 Å². The van der Waals surface area contributed by atoms with E-state index in [1.165, 1.54) is 47.2 Å². The Kier molecular flexibility index (Phi) is 20.3. The topological polar surface area (TPSA) is 288 Å². The molecular formula is C23H17Cl2Li3N8O11S3. The first kappa shape index (κ1) is 47.7. The largest absolute Gasteiger partial charge is 1.00 e. The summed E-state index contributed by atoms with van der Waals surface area (Å²) < 4.78 is 70.3. The number of carboxylic acid groups (broad SMARTS) is 1. The third-order valence-corrected chi connectivity index (χ3v) is 8.65. The molecule has 0 radical (unpaired) electrons. The van der Waals surface area contributed by atoms with Crippen LogP contribution in [0.4, 0.5) is 28.7 Å². The Morgan fingerprint density at radius 2 is 1.72 bits per heavy atom. The number of hydrogen-bond acceptors (Lipinski definition) is 19. The molecule has 27 heteroatoms. The fourth-order valence-corrected chi connectivity index (χ4v) is 5.67. The summed E-state index contributed by atoms with van der Waals surface area (Å²) in [6, 6.07) is 9.71. The van der Waals surface area contributed by atoms with Crippen molar-refractivity contribution in [2.75, 3.05) is 23.4 Å². The van der Waals surface area contributed by atoms with Gasteiger partial charge < -0.3 is 43.2 Å². The van der Waals surface area contributed by atoms with Gasteiger partial charge in [0.2, 0.25) is 0 Å². The fraction of sp³-hybridized carbons (Fsp3) is 0.0870. The zero-order valence-corrected chi connectivity index (χ0v) is 29.9.